The van der Waals surface area contributed by atoms with Crippen LogP contribution >= 0.6 is 34.4 Å². The molecule has 2 aromatic heterocycles. The quantitative estimate of drug-likeness (QED) is 0.836. The van der Waals surface area contributed by atoms with Gasteiger partial charge in [0.25, 0.3) is 0 Å². The molecule has 15 heavy (non-hydrogen) atoms. The van der Waals surface area contributed by atoms with Gasteiger partial charge in [-0.3, -0.25) is 0 Å². The van der Waals surface area contributed by atoms with Crippen LogP contribution in [0.1, 0.15) is 5.69 Å². The van der Waals surface area contributed by atoms with Crippen LogP contribution < -0.4 is 5.73 Å². The number of hydrogen-bond acceptors (Lipinski definition) is 5. The van der Waals surface area contributed by atoms with Gasteiger partial charge in [0.05, 0.1) is 10.6 Å². The minimum atomic E-state index is 0.743. The minimum absolute atomic E-state index is 0.743. The summed E-state index contributed by atoms with van der Waals surface area (Å²) < 4.78 is 0. The average Bonchev–Trinajstić information content (AvgIpc) is 2.87. The Morgan fingerprint density at radius 2 is 2.33 bits per heavy atom. The van der Waals surface area contributed by atoms with E-state index in [9.17, 15) is 0 Å². The van der Waals surface area contributed by atoms with Gasteiger partial charge in [0.2, 0.25) is 0 Å². The van der Waals surface area contributed by atoms with E-state index in [1.165, 1.54) is 10.6 Å². The van der Waals surface area contributed by atoms with Crippen LogP contribution in [0.2, 0.25) is 0 Å². The molecule has 0 aromatic carbocycles. The smallest absolute Gasteiger partial charge is 0.133 e. The highest BCUT2D eigenvalue weighted by molar-refractivity contribution is 7.98. The van der Waals surface area contributed by atoms with Crippen molar-refractivity contribution in [3.05, 3.63) is 28.6 Å². The van der Waals surface area contributed by atoms with E-state index in [0.29, 0.717) is 0 Å². The zero-order valence-electron chi connectivity index (χ0n) is 8.18. The second kappa shape index (κ2) is 5.65. The molecule has 0 spiro atoms. The Bertz CT molecular complexity index is 394. The van der Waals surface area contributed by atoms with Crippen LogP contribution in [0.15, 0.2) is 22.9 Å². The van der Waals surface area contributed by atoms with Crippen LogP contribution in [0.4, 0.5) is 0 Å². The number of thiazole rings is 1. The predicted molar refractivity (Wildman–Crippen MR) is 70.6 cm³/mol. The lowest BCUT2D eigenvalue weighted by Gasteiger charge is -1.94. The lowest BCUT2D eigenvalue weighted by atomic mass is 10.5. The van der Waals surface area contributed by atoms with Gasteiger partial charge in [-0.05, 0) is 11.4 Å². The van der Waals surface area contributed by atoms with Crippen LogP contribution in [0, 0.1) is 0 Å². The van der Waals surface area contributed by atoms with Crippen molar-refractivity contribution in [2.45, 2.75) is 5.75 Å². The van der Waals surface area contributed by atoms with Crippen LogP contribution in [-0.4, -0.2) is 17.3 Å². The molecule has 0 aliphatic carbocycles. The fourth-order valence-corrected chi connectivity index (χ4v) is 3.55. The number of rotatable bonds is 5. The van der Waals surface area contributed by atoms with Gasteiger partial charge < -0.3 is 5.73 Å². The summed E-state index contributed by atoms with van der Waals surface area (Å²) in [6.45, 7) is 0.743. The summed E-state index contributed by atoms with van der Waals surface area (Å²) >= 11 is 5.30. The molecule has 0 saturated heterocycles. The summed E-state index contributed by atoms with van der Waals surface area (Å²) in [7, 11) is 0. The van der Waals surface area contributed by atoms with E-state index in [-0.39, 0.29) is 0 Å². The molecule has 0 amide bonds. The van der Waals surface area contributed by atoms with Crippen molar-refractivity contribution in [1.29, 1.82) is 0 Å². The molecule has 0 atom stereocenters. The molecule has 2 aromatic rings. The molecule has 2 heterocycles. The predicted octanol–water partition coefficient (Wildman–Crippen LogP) is 3.06. The Kier molecular flexibility index (Phi) is 4.19. The second-order valence-electron chi connectivity index (χ2n) is 2.96. The molecule has 5 heteroatoms. The fraction of sp³-hybridized carbons (Fsp3) is 0.300. The third-order valence-corrected chi connectivity index (χ3v) is 4.75. The van der Waals surface area contributed by atoms with Gasteiger partial charge in [0.1, 0.15) is 5.01 Å². The molecule has 2 rings (SSSR count). The zero-order valence-corrected chi connectivity index (χ0v) is 10.6. The lowest BCUT2D eigenvalue weighted by Crippen LogP contribution is -2.01. The van der Waals surface area contributed by atoms with Crippen LogP contribution in [0.25, 0.3) is 9.88 Å². The van der Waals surface area contributed by atoms with Crippen molar-refractivity contribution in [1.82, 2.24) is 4.98 Å². The van der Waals surface area contributed by atoms with E-state index in [2.05, 4.69) is 27.9 Å². The maximum Gasteiger partial charge on any atom is 0.133 e. The van der Waals surface area contributed by atoms with Gasteiger partial charge in [-0.15, -0.1) is 22.7 Å². The standard InChI is InChI=1S/C10H12N2S3/c11-3-5-13-6-8-7-15-10(12-8)9-2-1-4-14-9/h1-2,4,7H,3,5-6,11H2. The monoisotopic (exact) mass is 256 g/mol. The highest BCUT2D eigenvalue weighted by atomic mass is 32.2. The van der Waals surface area contributed by atoms with E-state index in [1.807, 2.05) is 11.8 Å². The van der Waals surface area contributed by atoms with Crippen molar-refractivity contribution in [2.75, 3.05) is 12.3 Å². The highest BCUT2D eigenvalue weighted by Gasteiger charge is 2.04. The van der Waals surface area contributed by atoms with E-state index in [0.717, 1.165) is 23.1 Å². The molecule has 0 aliphatic heterocycles. The number of thiophene rings is 1. The van der Waals surface area contributed by atoms with E-state index in [1.54, 1.807) is 22.7 Å². The summed E-state index contributed by atoms with van der Waals surface area (Å²) in [4.78, 5) is 5.85. The second-order valence-corrected chi connectivity index (χ2v) is 5.87. The minimum Gasteiger partial charge on any atom is -0.330 e. The summed E-state index contributed by atoms with van der Waals surface area (Å²) in [6, 6.07) is 4.17. The summed E-state index contributed by atoms with van der Waals surface area (Å²) in [5.41, 5.74) is 6.61. The lowest BCUT2D eigenvalue weighted by molar-refractivity contribution is 1.14. The Labute approximate surface area is 102 Å². The van der Waals surface area contributed by atoms with Crippen molar-refractivity contribution < 1.29 is 0 Å². The number of nitrogens with two attached hydrogens (primary N) is 1. The number of nitrogens with zero attached hydrogens (tertiary/aromatic N) is 1. The van der Waals surface area contributed by atoms with Crippen molar-refractivity contribution >= 4 is 34.4 Å². The molecule has 0 radical (unpaired) electrons. The first-order valence-corrected chi connectivity index (χ1v) is 7.57. The van der Waals surface area contributed by atoms with Gasteiger partial charge in [-0.1, -0.05) is 6.07 Å². The highest BCUT2D eigenvalue weighted by Crippen LogP contribution is 2.28. The maximum atomic E-state index is 5.44. The van der Waals surface area contributed by atoms with E-state index in [4.69, 9.17) is 5.73 Å². The number of aromatic nitrogens is 1. The Hall–Kier alpha value is -0.360. The molecular formula is C10H12N2S3. The molecular weight excluding hydrogens is 244 g/mol. The topological polar surface area (TPSA) is 38.9 Å². The SMILES string of the molecule is NCCSCc1csc(-c2cccs2)n1. The van der Waals surface area contributed by atoms with Crippen LogP contribution in [-0.2, 0) is 5.75 Å². The molecule has 0 bridgehead atoms. The normalized spacial score (nSPS) is 10.7. The van der Waals surface area contributed by atoms with Gasteiger partial charge in [0, 0.05) is 23.4 Å². The fourth-order valence-electron chi connectivity index (χ4n) is 1.15. The average molecular weight is 256 g/mol. The maximum absolute atomic E-state index is 5.44. The summed E-state index contributed by atoms with van der Waals surface area (Å²) in [5, 5.41) is 5.35. The molecule has 0 aliphatic rings. The third kappa shape index (κ3) is 3.04. The van der Waals surface area contributed by atoms with Crippen molar-refractivity contribution in [3.8, 4) is 9.88 Å². The van der Waals surface area contributed by atoms with E-state index < -0.39 is 0 Å². The number of thioether (sulfide) groups is 1. The molecule has 0 saturated carbocycles. The molecule has 0 fully saturated rings. The Morgan fingerprint density at radius 3 is 3.07 bits per heavy atom. The first-order chi connectivity index (χ1) is 7.40. The Morgan fingerprint density at radius 1 is 1.40 bits per heavy atom. The van der Waals surface area contributed by atoms with Gasteiger partial charge in [-0.2, -0.15) is 11.8 Å². The zero-order chi connectivity index (χ0) is 10.5. The van der Waals surface area contributed by atoms with Crippen LogP contribution in [0.5, 0.6) is 0 Å². The van der Waals surface area contributed by atoms with Gasteiger partial charge in [0.15, 0.2) is 0 Å². The van der Waals surface area contributed by atoms with Crippen molar-refractivity contribution in [2.24, 2.45) is 5.73 Å². The molecule has 0 unspecified atom stereocenters. The van der Waals surface area contributed by atoms with E-state index >= 15 is 0 Å². The third-order valence-electron chi connectivity index (χ3n) is 1.80. The van der Waals surface area contributed by atoms with Crippen LogP contribution in [0.3, 0.4) is 0 Å². The van der Waals surface area contributed by atoms with Gasteiger partial charge >= 0.3 is 0 Å². The number of hydrogen-bond donors (Lipinski definition) is 1. The van der Waals surface area contributed by atoms with Crippen molar-refractivity contribution in [3.63, 3.8) is 0 Å². The Balaban J connectivity index is 1.98. The first kappa shape index (κ1) is 11.1. The molecule has 80 valence electrons. The summed E-state index contributed by atoms with van der Waals surface area (Å²) in [6.07, 6.45) is 0. The largest absolute Gasteiger partial charge is 0.330 e. The molecule has 2 nitrogen and oxygen atoms in total. The summed E-state index contributed by atoms with van der Waals surface area (Å²) in [5.74, 6) is 1.98. The van der Waals surface area contributed by atoms with Gasteiger partial charge in [-0.25, -0.2) is 4.98 Å². The molecule has 2 N–H and O–H groups in total. The first-order valence-electron chi connectivity index (χ1n) is 4.66.